The van der Waals surface area contributed by atoms with Crippen LogP contribution in [0.2, 0.25) is 25.7 Å². The van der Waals surface area contributed by atoms with Crippen molar-refractivity contribution in [2.75, 3.05) is 7.05 Å². The van der Waals surface area contributed by atoms with E-state index >= 15 is 0 Å². The Kier molecular flexibility index (Phi) is 3.33. The van der Waals surface area contributed by atoms with Crippen molar-refractivity contribution in [2.24, 2.45) is 0 Å². The molecular formula is C13H22N2OSi. The standard InChI is InChI=1S/C13H22N2OSi/c1-15-8-10(7-14)5-13-12(15)6-11(16-13)9-17(2,3)4/h8,11-13H,5-6,9H2,1-4H3/t11?,12-,13-/m0/s1. The minimum atomic E-state index is -1.06. The molecule has 0 saturated carbocycles. The number of nitriles is 1. The van der Waals surface area contributed by atoms with E-state index in [1.165, 1.54) is 6.04 Å². The highest BCUT2D eigenvalue weighted by atomic mass is 28.3. The van der Waals surface area contributed by atoms with Crippen LogP contribution in [0.25, 0.3) is 0 Å². The average Bonchev–Trinajstić information content (AvgIpc) is 2.57. The molecular weight excluding hydrogens is 228 g/mol. The van der Waals surface area contributed by atoms with Gasteiger partial charge in [-0.25, -0.2) is 0 Å². The summed E-state index contributed by atoms with van der Waals surface area (Å²) >= 11 is 0. The van der Waals surface area contributed by atoms with Crippen molar-refractivity contribution in [1.82, 2.24) is 4.90 Å². The summed E-state index contributed by atoms with van der Waals surface area (Å²) in [7, 11) is 1.00. The van der Waals surface area contributed by atoms with Crippen molar-refractivity contribution < 1.29 is 4.74 Å². The van der Waals surface area contributed by atoms with Gasteiger partial charge in [-0.2, -0.15) is 5.26 Å². The van der Waals surface area contributed by atoms with Gasteiger partial charge < -0.3 is 9.64 Å². The Morgan fingerprint density at radius 3 is 2.82 bits per heavy atom. The Balaban J connectivity index is 2.02. The summed E-state index contributed by atoms with van der Waals surface area (Å²) in [6, 6.07) is 3.97. The molecule has 0 amide bonds. The lowest BCUT2D eigenvalue weighted by molar-refractivity contribution is 0.0351. The van der Waals surface area contributed by atoms with Crippen LogP contribution in [0.3, 0.4) is 0 Å². The molecule has 1 unspecified atom stereocenters. The van der Waals surface area contributed by atoms with Crippen molar-refractivity contribution >= 4 is 8.07 Å². The number of fused-ring (bicyclic) bond motifs is 1. The number of nitrogens with zero attached hydrogens (tertiary/aromatic N) is 2. The first-order valence-corrected chi connectivity index (χ1v) is 10.1. The van der Waals surface area contributed by atoms with Crippen molar-refractivity contribution in [3.8, 4) is 6.07 Å². The lowest BCUT2D eigenvalue weighted by Gasteiger charge is -2.31. The van der Waals surface area contributed by atoms with Gasteiger partial charge >= 0.3 is 0 Å². The highest BCUT2D eigenvalue weighted by Crippen LogP contribution is 2.35. The zero-order valence-corrected chi connectivity index (χ0v) is 12.2. The molecule has 0 spiro atoms. The second kappa shape index (κ2) is 4.47. The molecule has 0 aromatic carbocycles. The summed E-state index contributed by atoms with van der Waals surface area (Å²) < 4.78 is 6.14. The molecule has 17 heavy (non-hydrogen) atoms. The molecule has 2 aliphatic rings. The molecule has 4 heteroatoms. The van der Waals surface area contributed by atoms with Crippen LogP contribution in [0, 0.1) is 11.3 Å². The third-order valence-electron chi connectivity index (χ3n) is 3.59. The lowest BCUT2D eigenvalue weighted by Crippen LogP contribution is -2.38. The van der Waals surface area contributed by atoms with Crippen LogP contribution in [0.4, 0.5) is 0 Å². The van der Waals surface area contributed by atoms with Gasteiger partial charge in [-0.15, -0.1) is 0 Å². The summed E-state index contributed by atoms with van der Waals surface area (Å²) in [5.74, 6) is 0. The first-order chi connectivity index (χ1) is 7.89. The number of rotatable bonds is 2. The Bertz CT molecular complexity index is 367. The Labute approximate surface area is 105 Å². The average molecular weight is 250 g/mol. The fourth-order valence-electron chi connectivity index (χ4n) is 2.93. The summed E-state index contributed by atoms with van der Waals surface area (Å²) in [6.45, 7) is 7.17. The third-order valence-corrected chi connectivity index (χ3v) is 5.27. The Morgan fingerprint density at radius 2 is 2.24 bits per heavy atom. The van der Waals surface area contributed by atoms with E-state index in [9.17, 15) is 0 Å². The molecule has 2 heterocycles. The van der Waals surface area contributed by atoms with Gasteiger partial charge in [-0.05, 0) is 12.5 Å². The van der Waals surface area contributed by atoms with Gasteiger partial charge in [0.25, 0.3) is 0 Å². The summed E-state index contributed by atoms with van der Waals surface area (Å²) in [5, 5.41) is 8.99. The van der Waals surface area contributed by atoms with Crippen LogP contribution >= 0.6 is 0 Å². The smallest absolute Gasteiger partial charge is 0.0963 e. The van der Waals surface area contributed by atoms with E-state index in [4.69, 9.17) is 10.00 Å². The maximum absolute atomic E-state index is 8.99. The second-order valence-electron chi connectivity index (χ2n) is 6.50. The van der Waals surface area contributed by atoms with Crippen molar-refractivity contribution in [2.45, 2.75) is 56.8 Å². The van der Waals surface area contributed by atoms with E-state index in [0.717, 1.165) is 18.4 Å². The van der Waals surface area contributed by atoms with Crippen molar-refractivity contribution in [3.05, 3.63) is 11.8 Å². The molecule has 0 bridgehead atoms. The summed E-state index contributed by atoms with van der Waals surface area (Å²) in [6.07, 6.45) is 4.56. The van der Waals surface area contributed by atoms with Crippen LogP contribution in [0.15, 0.2) is 11.8 Å². The number of hydrogen-bond donors (Lipinski definition) is 0. The van der Waals surface area contributed by atoms with Crippen LogP contribution in [0.5, 0.6) is 0 Å². The summed E-state index contributed by atoms with van der Waals surface area (Å²) in [4.78, 5) is 2.18. The second-order valence-corrected chi connectivity index (χ2v) is 12.0. The van der Waals surface area contributed by atoms with Crippen molar-refractivity contribution in [1.29, 1.82) is 5.26 Å². The highest BCUT2D eigenvalue weighted by Gasteiger charge is 2.40. The Morgan fingerprint density at radius 1 is 1.53 bits per heavy atom. The van der Waals surface area contributed by atoms with E-state index in [1.54, 1.807) is 0 Å². The third kappa shape index (κ3) is 2.91. The lowest BCUT2D eigenvalue weighted by atomic mass is 9.97. The molecule has 0 aliphatic carbocycles. The van der Waals surface area contributed by atoms with Gasteiger partial charge in [0.05, 0.1) is 24.3 Å². The minimum absolute atomic E-state index is 0.237. The van der Waals surface area contributed by atoms with Crippen molar-refractivity contribution in [3.63, 3.8) is 0 Å². The first kappa shape index (κ1) is 12.7. The molecule has 0 radical (unpaired) electrons. The fourth-order valence-corrected chi connectivity index (χ4v) is 4.56. The van der Waals surface area contributed by atoms with Gasteiger partial charge in [-0.3, -0.25) is 0 Å². The first-order valence-electron chi connectivity index (χ1n) is 6.37. The number of hydrogen-bond acceptors (Lipinski definition) is 3. The topological polar surface area (TPSA) is 36.3 Å². The van der Waals surface area contributed by atoms with Crippen LogP contribution in [-0.2, 0) is 4.74 Å². The number of ether oxygens (including phenoxy) is 1. The highest BCUT2D eigenvalue weighted by molar-refractivity contribution is 6.76. The fraction of sp³-hybridized carbons (Fsp3) is 0.769. The van der Waals surface area contributed by atoms with E-state index in [-0.39, 0.29) is 6.10 Å². The molecule has 2 aliphatic heterocycles. The van der Waals surface area contributed by atoms with Crippen LogP contribution in [0.1, 0.15) is 12.8 Å². The number of likely N-dealkylation sites (N-methyl/N-ethyl adjacent to an activating group) is 1. The zero-order valence-electron chi connectivity index (χ0n) is 11.2. The molecule has 1 fully saturated rings. The van der Waals surface area contributed by atoms with Gasteiger partial charge in [0.1, 0.15) is 0 Å². The quantitative estimate of drug-likeness (QED) is 0.707. The maximum Gasteiger partial charge on any atom is 0.0963 e. The van der Waals surface area contributed by atoms with Gasteiger partial charge in [0.15, 0.2) is 0 Å². The molecule has 0 N–H and O–H groups in total. The van der Waals surface area contributed by atoms with E-state index in [0.29, 0.717) is 12.1 Å². The maximum atomic E-state index is 8.99. The Hall–Kier alpha value is -0.793. The summed E-state index contributed by atoms with van der Waals surface area (Å²) in [5.41, 5.74) is 0.849. The predicted octanol–water partition coefficient (Wildman–Crippen LogP) is 2.59. The SMILES string of the molecule is CN1C=C(C#N)C[C@@H]2OC(C[Si](C)(C)C)C[C@@H]21. The van der Waals surface area contributed by atoms with Gasteiger partial charge in [0, 0.05) is 33.3 Å². The van der Waals surface area contributed by atoms with Gasteiger partial charge in [0.2, 0.25) is 0 Å². The molecule has 3 nitrogen and oxygen atoms in total. The molecule has 2 rings (SSSR count). The van der Waals surface area contributed by atoms with E-state index < -0.39 is 8.07 Å². The minimum Gasteiger partial charge on any atom is -0.374 e. The van der Waals surface area contributed by atoms with Crippen LogP contribution in [-0.4, -0.2) is 38.3 Å². The monoisotopic (exact) mass is 250 g/mol. The van der Waals surface area contributed by atoms with E-state index in [1.807, 2.05) is 6.20 Å². The molecule has 0 aromatic rings. The molecule has 3 atom stereocenters. The molecule has 0 aromatic heterocycles. The molecule has 94 valence electrons. The van der Waals surface area contributed by atoms with E-state index in [2.05, 4.69) is 37.7 Å². The normalized spacial score (nSPS) is 33.0. The molecule has 1 saturated heterocycles. The zero-order chi connectivity index (χ0) is 12.6. The predicted molar refractivity (Wildman–Crippen MR) is 71.3 cm³/mol. The van der Waals surface area contributed by atoms with Crippen LogP contribution < -0.4 is 0 Å². The van der Waals surface area contributed by atoms with Gasteiger partial charge in [-0.1, -0.05) is 19.6 Å². The largest absolute Gasteiger partial charge is 0.374 e.